The van der Waals surface area contributed by atoms with Crippen LogP contribution in [0.1, 0.15) is 24.4 Å². The lowest BCUT2D eigenvalue weighted by molar-refractivity contribution is 0.415. The van der Waals surface area contributed by atoms with Crippen LogP contribution in [0.15, 0.2) is 61.2 Å². The van der Waals surface area contributed by atoms with E-state index in [0.29, 0.717) is 11.2 Å². The van der Waals surface area contributed by atoms with Gasteiger partial charge in [-0.15, -0.1) is 0 Å². The van der Waals surface area contributed by atoms with E-state index in [9.17, 15) is 4.39 Å². The van der Waals surface area contributed by atoms with Crippen LogP contribution < -0.4 is 9.64 Å². The Morgan fingerprint density at radius 2 is 2.03 bits per heavy atom. The van der Waals surface area contributed by atoms with Gasteiger partial charge in [0.15, 0.2) is 11.5 Å². The number of imidazole rings is 1. The molecule has 0 bridgehead atoms. The fourth-order valence-corrected chi connectivity index (χ4v) is 4.73. The quantitative estimate of drug-likeness (QED) is 0.421. The summed E-state index contributed by atoms with van der Waals surface area (Å²) in [6.07, 6.45) is 5.16. The second-order valence-electron chi connectivity index (χ2n) is 8.15. The highest BCUT2D eigenvalue weighted by atomic mass is 19.1. The number of nitrogens with one attached hydrogen (secondary N) is 1. The lowest BCUT2D eigenvalue weighted by atomic mass is 9.96. The molecule has 7 nitrogen and oxygen atoms in total. The van der Waals surface area contributed by atoms with Crippen molar-refractivity contribution in [1.29, 1.82) is 0 Å². The molecule has 33 heavy (non-hydrogen) atoms. The maximum Gasteiger partial charge on any atom is 0.182 e. The van der Waals surface area contributed by atoms with Crippen LogP contribution in [0.25, 0.3) is 33.3 Å². The Kier molecular flexibility index (Phi) is 4.64. The van der Waals surface area contributed by atoms with E-state index in [4.69, 9.17) is 9.72 Å². The van der Waals surface area contributed by atoms with Gasteiger partial charge < -0.3 is 14.6 Å². The van der Waals surface area contributed by atoms with Crippen LogP contribution in [-0.2, 0) is 0 Å². The smallest absolute Gasteiger partial charge is 0.182 e. The molecule has 1 atom stereocenters. The average Bonchev–Trinajstić information content (AvgIpc) is 3.53. The molecule has 0 saturated carbocycles. The summed E-state index contributed by atoms with van der Waals surface area (Å²) in [5, 5.41) is 0.902. The van der Waals surface area contributed by atoms with E-state index in [0.717, 1.165) is 58.7 Å². The zero-order chi connectivity index (χ0) is 22.4. The molecule has 164 valence electrons. The molecule has 0 amide bonds. The van der Waals surface area contributed by atoms with Gasteiger partial charge in [-0.2, -0.15) is 0 Å². The molecule has 1 aliphatic heterocycles. The molecule has 0 aliphatic carbocycles. The monoisotopic (exact) mass is 440 g/mol. The largest absolute Gasteiger partial charge is 0.497 e. The molecule has 3 aromatic heterocycles. The Morgan fingerprint density at radius 3 is 2.94 bits per heavy atom. The van der Waals surface area contributed by atoms with Gasteiger partial charge in [-0.1, -0.05) is 12.1 Å². The Balaban J connectivity index is 1.55. The first kappa shape index (κ1) is 19.6. The number of fused-ring (bicyclic) bond motifs is 2. The van der Waals surface area contributed by atoms with Gasteiger partial charge in [-0.05, 0) is 43.2 Å². The van der Waals surface area contributed by atoms with Crippen LogP contribution in [0, 0.1) is 5.82 Å². The predicted octanol–water partition coefficient (Wildman–Crippen LogP) is 5.06. The number of H-pyrrole nitrogens is 1. The van der Waals surface area contributed by atoms with Crippen LogP contribution in [0.3, 0.4) is 0 Å². The van der Waals surface area contributed by atoms with Gasteiger partial charge in [0.05, 0.1) is 30.7 Å². The standard InChI is InChI=1S/C25H21FN6O/c1-33-18-5-2-4-16(10-18)22-19(11-15-7-8-17(26)12-20(15)31-22)21-6-3-9-32(21)25-23-24(28-13-27-23)29-14-30-25/h2,4-5,7-8,10-14,21H,3,6,9H2,1H3,(H,27,28,29,30). The van der Waals surface area contributed by atoms with Gasteiger partial charge in [0, 0.05) is 29.1 Å². The van der Waals surface area contributed by atoms with Crippen LogP contribution >= 0.6 is 0 Å². The molecule has 8 heteroatoms. The third-order valence-electron chi connectivity index (χ3n) is 6.24. The molecule has 1 unspecified atom stereocenters. The summed E-state index contributed by atoms with van der Waals surface area (Å²) in [5.74, 6) is 1.28. The minimum absolute atomic E-state index is 0.0505. The Morgan fingerprint density at radius 1 is 1.09 bits per heavy atom. The van der Waals surface area contributed by atoms with Gasteiger partial charge in [-0.25, -0.2) is 24.3 Å². The molecular formula is C25H21FN6O. The summed E-state index contributed by atoms with van der Waals surface area (Å²) in [7, 11) is 1.65. The minimum atomic E-state index is -0.301. The SMILES string of the molecule is COc1cccc(-c2nc3cc(F)ccc3cc2C2CCCN2c2ncnc3nc[nH]c23)c1. The second kappa shape index (κ2) is 7.81. The molecule has 4 heterocycles. The lowest BCUT2D eigenvalue weighted by Crippen LogP contribution is -2.24. The second-order valence-corrected chi connectivity index (χ2v) is 8.15. The third-order valence-corrected chi connectivity index (χ3v) is 6.24. The van der Waals surface area contributed by atoms with E-state index in [1.165, 1.54) is 12.1 Å². The average molecular weight is 440 g/mol. The summed E-state index contributed by atoms with van der Waals surface area (Å²) in [6.45, 7) is 0.856. The maximum absolute atomic E-state index is 14.0. The van der Waals surface area contributed by atoms with Crippen molar-refractivity contribution in [1.82, 2.24) is 24.9 Å². The van der Waals surface area contributed by atoms with Crippen molar-refractivity contribution in [2.75, 3.05) is 18.6 Å². The van der Waals surface area contributed by atoms with Crippen molar-refractivity contribution >= 4 is 27.9 Å². The van der Waals surface area contributed by atoms with Crippen molar-refractivity contribution in [3.63, 3.8) is 0 Å². The third kappa shape index (κ3) is 3.34. The number of hydrogen-bond donors (Lipinski definition) is 1. The van der Waals surface area contributed by atoms with Crippen LogP contribution in [0.5, 0.6) is 5.75 Å². The number of halogens is 1. The fraction of sp³-hybridized carbons (Fsp3) is 0.200. The number of aromatic nitrogens is 5. The van der Waals surface area contributed by atoms with Crippen molar-refractivity contribution in [2.45, 2.75) is 18.9 Å². The van der Waals surface area contributed by atoms with E-state index >= 15 is 0 Å². The zero-order valence-electron chi connectivity index (χ0n) is 18.0. The first-order valence-corrected chi connectivity index (χ1v) is 10.9. The van der Waals surface area contributed by atoms with Crippen molar-refractivity contribution < 1.29 is 9.13 Å². The number of methoxy groups -OCH3 is 1. The first-order chi connectivity index (χ1) is 16.2. The predicted molar refractivity (Wildman–Crippen MR) is 125 cm³/mol. The first-order valence-electron chi connectivity index (χ1n) is 10.9. The molecule has 6 rings (SSSR count). The Bertz CT molecular complexity index is 1480. The number of aromatic amines is 1. The highest BCUT2D eigenvalue weighted by molar-refractivity contribution is 5.86. The van der Waals surface area contributed by atoms with Gasteiger partial charge in [0.1, 0.15) is 23.4 Å². The van der Waals surface area contributed by atoms with Crippen molar-refractivity contribution in [3.8, 4) is 17.0 Å². The number of benzene rings is 2. The fourth-order valence-electron chi connectivity index (χ4n) is 4.73. The molecule has 1 aliphatic rings. The number of rotatable bonds is 4. The number of ether oxygens (including phenoxy) is 1. The van der Waals surface area contributed by atoms with E-state index in [-0.39, 0.29) is 11.9 Å². The van der Waals surface area contributed by atoms with Gasteiger partial charge >= 0.3 is 0 Å². The van der Waals surface area contributed by atoms with E-state index in [2.05, 4.69) is 30.9 Å². The molecular weight excluding hydrogens is 419 g/mol. The van der Waals surface area contributed by atoms with E-state index < -0.39 is 0 Å². The maximum atomic E-state index is 14.0. The van der Waals surface area contributed by atoms with Gasteiger partial charge in [-0.3, -0.25) is 0 Å². The molecule has 5 aromatic rings. The van der Waals surface area contributed by atoms with Crippen molar-refractivity contribution in [2.24, 2.45) is 0 Å². The summed E-state index contributed by atoms with van der Waals surface area (Å²) in [4.78, 5) is 23.5. The van der Waals surface area contributed by atoms with Crippen LogP contribution in [-0.4, -0.2) is 38.6 Å². The van der Waals surface area contributed by atoms with Crippen molar-refractivity contribution in [3.05, 3.63) is 72.6 Å². The number of hydrogen-bond acceptors (Lipinski definition) is 6. The molecule has 0 radical (unpaired) electrons. The van der Waals surface area contributed by atoms with Crippen LogP contribution in [0.4, 0.5) is 10.2 Å². The van der Waals surface area contributed by atoms with Gasteiger partial charge in [0.25, 0.3) is 0 Å². The highest BCUT2D eigenvalue weighted by Gasteiger charge is 2.31. The van der Waals surface area contributed by atoms with Gasteiger partial charge in [0.2, 0.25) is 0 Å². The highest BCUT2D eigenvalue weighted by Crippen LogP contribution is 2.42. The van der Waals surface area contributed by atoms with E-state index in [1.807, 2.05) is 24.3 Å². The number of pyridine rings is 1. The Labute approximate surface area is 189 Å². The topological polar surface area (TPSA) is 79.8 Å². The lowest BCUT2D eigenvalue weighted by Gasteiger charge is -2.28. The molecule has 1 saturated heterocycles. The summed E-state index contributed by atoms with van der Waals surface area (Å²) < 4.78 is 19.5. The Hall–Kier alpha value is -4.07. The van der Waals surface area contributed by atoms with Crippen LogP contribution in [0.2, 0.25) is 0 Å². The van der Waals surface area contributed by atoms with E-state index in [1.54, 1.807) is 25.8 Å². The zero-order valence-corrected chi connectivity index (χ0v) is 18.0. The molecule has 1 N–H and O–H groups in total. The number of nitrogens with zero attached hydrogens (tertiary/aromatic N) is 5. The number of anilines is 1. The summed E-state index contributed by atoms with van der Waals surface area (Å²) in [5.41, 5.74) is 4.91. The molecule has 0 spiro atoms. The normalized spacial score (nSPS) is 16.1. The summed E-state index contributed by atoms with van der Waals surface area (Å²) in [6, 6.07) is 14.7. The minimum Gasteiger partial charge on any atom is -0.497 e. The molecule has 2 aromatic carbocycles. The summed E-state index contributed by atoms with van der Waals surface area (Å²) >= 11 is 0. The molecule has 1 fully saturated rings.